The lowest BCUT2D eigenvalue weighted by Gasteiger charge is -2.20. The monoisotopic (exact) mass is 301 g/mol. The maximum atomic E-state index is 12.1. The van der Waals surface area contributed by atoms with Crippen molar-refractivity contribution in [3.8, 4) is 0 Å². The molecule has 0 spiro atoms. The van der Waals surface area contributed by atoms with Crippen molar-refractivity contribution in [2.24, 2.45) is 0 Å². The first-order chi connectivity index (χ1) is 10.7. The largest absolute Gasteiger partial charge is 0.395 e. The molecule has 116 valence electrons. The lowest BCUT2D eigenvalue weighted by molar-refractivity contribution is 0.183. The number of para-hydroxylation sites is 1. The van der Waals surface area contributed by atoms with E-state index < -0.39 is 0 Å². The van der Waals surface area contributed by atoms with Crippen LogP contribution < -0.4 is 10.9 Å². The van der Waals surface area contributed by atoms with Crippen molar-refractivity contribution < 1.29 is 9.90 Å². The Balaban J connectivity index is 2.15. The standard InChI is InChI=1S/C16H19N3O3/c1-2-7-19(8-9-20)16(22)17-11-12-10-15(21)18-14-6-4-3-5-13(12)14/h2-6,10,20H,1,7-9,11H2,(H,17,22)(H,18,21). The fourth-order valence-electron chi connectivity index (χ4n) is 2.26. The Morgan fingerprint density at radius 1 is 1.41 bits per heavy atom. The number of aromatic amines is 1. The molecule has 1 aromatic heterocycles. The van der Waals surface area contributed by atoms with Crippen molar-refractivity contribution in [1.29, 1.82) is 0 Å². The average molecular weight is 301 g/mol. The number of rotatable bonds is 6. The molecule has 0 aliphatic carbocycles. The van der Waals surface area contributed by atoms with Gasteiger partial charge in [0.15, 0.2) is 0 Å². The Kier molecular flexibility index (Phi) is 5.32. The molecule has 1 aromatic carbocycles. The number of carbonyl (C=O) groups is 1. The third kappa shape index (κ3) is 3.73. The zero-order valence-corrected chi connectivity index (χ0v) is 12.2. The fraction of sp³-hybridized carbons (Fsp3) is 0.250. The van der Waals surface area contributed by atoms with E-state index in [-0.39, 0.29) is 31.3 Å². The summed E-state index contributed by atoms with van der Waals surface area (Å²) in [6, 6.07) is 8.60. The number of nitrogens with zero attached hydrogens (tertiary/aromatic N) is 1. The smallest absolute Gasteiger partial charge is 0.318 e. The van der Waals surface area contributed by atoms with E-state index in [0.717, 1.165) is 16.5 Å². The molecule has 0 aliphatic heterocycles. The number of nitrogens with one attached hydrogen (secondary N) is 2. The molecule has 0 radical (unpaired) electrons. The van der Waals surface area contributed by atoms with Crippen molar-refractivity contribution in [2.45, 2.75) is 6.54 Å². The summed E-state index contributed by atoms with van der Waals surface area (Å²) in [6.07, 6.45) is 1.60. The minimum Gasteiger partial charge on any atom is -0.395 e. The highest BCUT2D eigenvalue weighted by molar-refractivity contribution is 5.82. The van der Waals surface area contributed by atoms with Crippen molar-refractivity contribution in [1.82, 2.24) is 15.2 Å². The summed E-state index contributed by atoms with van der Waals surface area (Å²) < 4.78 is 0. The number of benzene rings is 1. The zero-order chi connectivity index (χ0) is 15.9. The van der Waals surface area contributed by atoms with Crippen LogP contribution in [0.2, 0.25) is 0 Å². The van der Waals surface area contributed by atoms with Crippen LogP contribution in [0.15, 0.2) is 47.8 Å². The number of hydrogen-bond donors (Lipinski definition) is 3. The van der Waals surface area contributed by atoms with Crippen LogP contribution in [0.4, 0.5) is 4.79 Å². The molecule has 0 fully saturated rings. The SMILES string of the molecule is C=CCN(CCO)C(=O)NCc1cc(=O)[nH]c2ccccc12. The number of hydrogen-bond acceptors (Lipinski definition) is 3. The van der Waals surface area contributed by atoms with Gasteiger partial charge in [-0.3, -0.25) is 4.79 Å². The summed E-state index contributed by atoms with van der Waals surface area (Å²) in [5.41, 5.74) is 1.27. The van der Waals surface area contributed by atoms with Crippen molar-refractivity contribution in [3.05, 3.63) is 58.9 Å². The van der Waals surface area contributed by atoms with Crippen LogP contribution in [0.5, 0.6) is 0 Å². The Hall–Kier alpha value is -2.60. The molecule has 3 N–H and O–H groups in total. The molecular formula is C16H19N3O3. The second kappa shape index (κ2) is 7.42. The molecule has 6 nitrogen and oxygen atoms in total. The van der Waals surface area contributed by atoms with E-state index >= 15 is 0 Å². The molecule has 0 unspecified atom stereocenters. The van der Waals surface area contributed by atoms with Gasteiger partial charge in [-0.2, -0.15) is 0 Å². The predicted octanol–water partition coefficient (Wildman–Crippen LogP) is 1.22. The topological polar surface area (TPSA) is 85.4 Å². The van der Waals surface area contributed by atoms with Crippen LogP contribution in [-0.2, 0) is 6.54 Å². The van der Waals surface area contributed by atoms with Gasteiger partial charge in [-0.05, 0) is 11.6 Å². The molecule has 22 heavy (non-hydrogen) atoms. The van der Waals surface area contributed by atoms with Gasteiger partial charge in [0.1, 0.15) is 0 Å². The van der Waals surface area contributed by atoms with Crippen molar-refractivity contribution in [3.63, 3.8) is 0 Å². The van der Waals surface area contributed by atoms with Gasteiger partial charge < -0.3 is 20.3 Å². The lowest BCUT2D eigenvalue weighted by atomic mass is 10.1. The summed E-state index contributed by atoms with van der Waals surface area (Å²) in [7, 11) is 0. The number of carbonyl (C=O) groups excluding carboxylic acids is 1. The maximum Gasteiger partial charge on any atom is 0.318 e. The molecule has 0 bridgehead atoms. The summed E-state index contributed by atoms with van der Waals surface area (Å²) in [4.78, 5) is 28.0. The minimum absolute atomic E-state index is 0.116. The molecule has 2 aromatic rings. The first-order valence-corrected chi connectivity index (χ1v) is 7.01. The van der Waals surface area contributed by atoms with Gasteiger partial charge in [-0.25, -0.2) is 4.79 Å². The Bertz CT molecular complexity index is 724. The number of aliphatic hydroxyl groups excluding tert-OH is 1. The van der Waals surface area contributed by atoms with Crippen molar-refractivity contribution in [2.75, 3.05) is 19.7 Å². The van der Waals surface area contributed by atoms with Gasteiger partial charge in [-0.1, -0.05) is 24.3 Å². The highest BCUT2D eigenvalue weighted by Gasteiger charge is 2.11. The third-order valence-corrected chi connectivity index (χ3v) is 3.27. The molecule has 2 rings (SSSR count). The quantitative estimate of drug-likeness (QED) is 0.701. The van der Waals surface area contributed by atoms with Crippen LogP contribution in [0, 0.1) is 0 Å². The van der Waals surface area contributed by atoms with Crippen LogP contribution in [-0.4, -0.2) is 40.7 Å². The third-order valence-electron chi connectivity index (χ3n) is 3.27. The predicted molar refractivity (Wildman–Crippen MR) is 85.7 cm³/mol. The van der Waals surface area contributed by atoms with Gasteiger partial charge in [0.05, 0.1) is 6.61 Å². The van der Waals surface area contributed by atoms with Crippen LogP contribution in [0.25, 0.3) is 10.9 Å². The number of aromatic nitrogens is 1. The van der Waals surface area contributed by atoms with Gasteiger partial charge in [-0.15, -0.1) is 6.58 Å². The first-order valence-electron chi connectivity index (χ1n) is 7.01. The second-order valence-corrected chi connectivity index (χ2v) is 4.82. The number of amides is 2. The number of urea groups is 1. The van der Waals surface area contributed by atoms with E-state index in [1.807, 2.05) is 24.3 Å². The van der Waals surface area contributed by atoms with Crippen LogP contribution >= 0.6 is 0 Å². The van der Waals surface area contributed by atoms with Crippen LogP contribution in [0.1, 0.15) is 5.56 Å². The molecule has 2 amide bonds. The van der Waals surface area contributed by atoms with Gasteiger partial charge in [0.25, 0.3) is 0 Å². The van der Waals surface area contributed by atoms with E-state index in [9.17, 15) is 9.59 Å². The fourth-order valence-corrected chi connectivity index (χ4v) is 2.26. The van der Waals surface area contributed by atoms with Crippen LogP contribution in [0.3, 0.4) is 0 Å². The number of aliphatic hydroxyl groups is 1. The molecule has 0 atom stereocenters. The molecule has 1 heterocycles. The van der Waals surface area contributed by atoms with Gasteiger partial charge in [0.2, 0.25) is 5.56 Å². The normalized spacial score (nSPS) is 10.4. The molecule has 0 aliphatic rings. The molecular weight excluding hydrogens is 282 g/mol. The molecule has 6 heteroatoms. The zero-order valence-electron chi connectivity index (χ0n) is 12.2. The van der Waals surface area contributed by atoms with E-state index in [1.165, 1.54) is 11.0 Å². The minimum atomic E-state index is -0.307. The van der Waals surface area contributed by atoms with Gasteiger partial charge >= 0.3 is 6.03 Å². The number of fused-ring (bicyclic) bond motifs is 1. The molecule has 0 saturated heterocycles. The highest BCUT2D eigenvalue weighted by Crippen LogP contribution is 2.14. The van der Waals surface area contributed by atoms with E-state index in [4.69, 9.17) is 5.11 Å². The van der Waals surface area contributed by atoms with E-state index in [1.54, 1.807) is 6.08 Å². The Labute approximate surface area is 128 Å². The van der Waals surface area contributed by atoms with Crippen molar-refractivity contribution >= 4 is 16.9 Å². The van der Waals surface area contributed by atoms with E-state index in [0.29, 0.717) is 6.54 Å². The summed E-state index contributed by atoms with van der Waals surface area (Å²) in [5, 5.41) is 12.6. The summed E-state index contributed by atoms with van der Waals surface area (Å²) in [5.74, 6) is 0. The number of pyridine rings is 1. The van der Waals surface area contributed by atoms with Gasteiger partial charge in [0, 0.05) is 36.6 Å². The Morgan fingerprint density at radius 2 is 2.18 bits per heavy atom. The highest BCUT2D eigenvalue weighted by atomic mass is 16.3. The lowest BCUT2D eigenvalue weighted by Crippen LogP contribution is -2.41. The second-order valence-electron chi connectivity index (χ2n) is 4.82. The number of H-pyrrole nitrogens is 1. The maximum absolute atomic E-state index is 12.1. The molecule has 0 saturated carbocycles. The summed E-state index contributed by atoms with van der Waals surface area (Å²) >= 11 is 0. The Morgan fingerprint density at radius 3 is 2.91 bits per heavy atom. The van der Waals surface area contributed by atoms with E-state index in [2.05, 4.69) is 16.9 Å². The average Bonchev–Trinajstić information content (AvgIpc) is 2.52. The first kappa shape index (κ1) is 15.8. The summed E-state index contributed by atoms with van der Waals surface area (Å²) in [6.45, 7) is 4.29.